The van der Waals surface area contributed by atoms with Gasteiger partial charge >= 0.3 is 5.97 Å². The minimum atomic E-state index is -0.418. The number of methoxy groups -OCH3 is 1. The molecule has 164 valence electrons. The first-order chi connectivity index (χ1) is 15.0. The number of rotatable bonds is 9. The van der Waals surface area contributed by atoms with E-state index >= 15 is 0 Å². The Morgan fingerprint density at radius 3 is 2.68 bits per heavy atom. The van der Waals surface area contributed by atoms with Crippen LogP contribution in [0.3, 0.4) is 0 Å². The number of benzene rings is 2. The number of fused-ring (bicyclic) bond motifs is 1. The molecule has 9 heteroatoms. The molecule has 0 spiro atoms. The summed E-state index contributed by atoms with van der Waals surface area (Å²) in [4.78, 5) is 30.0. The highest BCUT2D eigenvalue weighted by molar-refractivity contribution is 7.99. The number of halogens is 1. The number of thioether (sulfide) groups is 1. The van der Waals surface area contributed by atoms with Crippen LogP contribution in [-0.4, -0.2) is 35.9 Å². The van der Waals surface area contributed by atoms with Gasteiger partial charge in [0.25, 0.3) is 0 Å². The van der Waals surface area contributed by atoms with Gasteiger partial charge in [-0.05, 0) is 61.6 Å². The van der Waals surface area contributed by atoms with Crippen LogP contribution in [-0.2, 0) is 20.9 Å². The van der Waals surface area contributed by atoms with E-state index in [9.17, 15) is 14.0 Å². The molecule has 6 nitrogen and oxygen atoms in total. The van der Waals surface area contributed by atoms with Gasteiger partial charge in [0.1, 0.15) is 18.1 Å². The van der Waals surface area contributed by atoms with Crippen molar-refractivity contribution in [2.24, 2.45) is 4.99 Å². The minimum Gasteiger partial charge on any atom is -0.494 e. The van der Waals surface area contributed by atoms with Gasteiger partial charge in [-0.25, -0.2) is 4.39 Å². The molecule has 0 aliphatic heterocycles. The van der Waals surface area contributed by atoms with E-state index in [0.29, 0.717) is 17.8 Å². The second-order valence-electron chi connectivity index (χ2n) is 6.52. The molecule has 1 aromatic heterocycles. The Bertz CT molecular complexity index is 1120. The molecule has 0 N–H and O–H groups in total. The lowest BCUT2D eigenvalue weighted by atomic mass is 10.3. The van der Waals surface area contributed by atoms with E-state index in [0.717, 1.165) is 26.6 Å². The number of thiazole rings is 1. The van der Waals surface area contributed by atoms with Crippen LogP contribution in [0.5, 0.6) is 5.75 Å². The molecule has 0 aliphatic carbocycles. The first-order valence-electron chi connectivity index (χ1n) is 9.79. The molecular formula is C22H23FN2O4S2. The Kier molecular flexibility index (Phi) is 8.25. The van der Waals surface area contributed by atoms with Gasteiger partial charge in [0.15, 0.2) is 4.80 Å². The van der Waals surface area contributed by atoms with E-state index in [-0.39, 0.29) is 24.7 Å². The highest BCUT2D eigenvalue weighted by Crippen LogP contribution is 2.24. The Morgan fingerprint density at radius 2 is 1.97 bits per heavy atom. The van der Waals surface area contributed by atoms with E-state index in [4.69, 9.17) is 9.47 Å². The smallest absolute Gasteiger partial charge is 0.325 e. The van der Waals surface area contributed by atoms with Crippen LogP contribution >= 0.6 is 23.1 Å². The topological polar surface area (TPSA) is 69.9 Å². The third-order valence-electron chi connectivity index (χ3n) is 4.32. The number of amides is 1. The maximum Gasteiger partial charge on any atom is 0.325 e. The molecule has 0 bridgehead atoms. The first kappa shape index (κ1) is 23.0. The van der Waals surface area contributed by atoms with Gasteiger partial charge in [0.05, 0.1) is 23.9 Å². The molecule has 3 rings (SSSR count). The fourth-order valence-electron chi connectivity index (χ4n) is 2.85. The number of esters is 1. The number of hydrogen-bond acceptors (Lipinski definition) is 6. The number of carbonyl (C=O) groups excluding carboxylic acids is 2. The number of carbonyl (C=O) groups is 2. The van der Waals surface area contributed by atoms with Crippen molar-refractivity contribution in [2.45, 2.75) is 31.2 Å². The molecular weight excluding hydrogens is 439 g/mol. The Labute approximate surface area is 187 Å². The fraction of sp³-hybridized carbons (Fsp3) is 0.318. The average Bonchev–Trinajstić information content (AvgIpc) is 3.08. The van der Waals surface area contributed by atoms with Gasteiger partial charge in [-0.1, -0.05) is 11.3 Å². The van der Waals surface area contributed by atoms with Crippen LogP contribution in [0.15, 0.2) is 52.4 Å². The van der Waals surface area contributed by atoms with Crippen molar-refractivity contribution < 1.29 is 23.5 Å². The first-order valence-corrected chi connectivity index (χ1v) is 11.6. The van der Waals surface area contributed by atoms with Crippen molar-refractivity contribution in [3.8, 4) is 5.75 Å². The van der Waals surface area contributed by atoms with E-state index in [2.05, 4.69) is 4.99 Å². The summed E-state index contributed by atoms with van der Waals surface area (Å²) >= 11 is 2.89. The molecule has 31 heavy (non-hydrogen) atoms. The van der Waals surface area contributed by atoms with Gasteiger partial charge in [-0.2, -0.15) is 4.99 Å². The predicted octanol–water partition coefficient (Wildman–Crippen LogP) is 4.41. The van der Waals surface area contributed by atoms with Crippen LogP contribution in [0.2, 0.25) is 0 Å². The molecule has 2 aromatic carbocycles. The van der Waals surface area contributed by atoms with E-state index < -0.39 is 5.97 Å². The molecule has 0 atom stereocenters. The molecule has 0 unspecified atom stereocenters. The standard InChI is InChI=1S/C22H23FN2O4S2/c1-3-29-16-8-11-18-19(13-16)31-22(25(18)14-21(27)28-2)24-20(26)5-4-12-30-17-9-6-15(23)7-10-17/h6-11,13H,3-5,12,14H2,1-2H3. The monoisotopic (exact) mass is 462 g/mol. The second-order valence-corrected chi connectivity index (χ2v) is 8.70. The number of ether oxygens (including phenoxy) is 2. The third-order valence-corrected chi connectivity index (χ3v) is 6.46. The second kappa shape index (κ2) is 11.1. The van der Waals surface area contributed by atoms with Crippen molar-refractivity contribution in [3.05, 3.63) is 53.1 Å². The zero-order chi connectivity index (χ0) is 22.2. The largest absolute Gasteiger partial charge is 0.494 e. The molecule has 0 fully saturated rings. The third kappa shape index (κ3) is 6.41. The van der Waals surface area contributed by atoms with E-state index in [1.54, 1.807) is 28.5 Å². The molecule has 0 saturated carbocycles. The number of hydrogen-bond donors (Lipinski definition) is 0. The normalized spacial score (nSPS) is 11.6. The summed E-state index contributed by atoms with van der Waals surface area (Å²) in [5.74, 6) is 0.500. The van der Waals surface area contributed by atoms with Crippen LogP contribution < -0.4 is 9.54 Å². The van der Waals surface area contributed by atoms with Crippen molar-refractivity contribution >= 4 is 45.2 Å². The summed E-state index contributed by atoms with van der Waals surface area (Å²) in [6.45, 7) is 2.42. The molecule has 0 aliphatic rings. The molecule has 3 aromatic rings. The van der Waals surface area contributed by atoms with E-state index in [1.165, 1.54) is 30.6 Å². The average molecular weight is 463 g/mol. The highest BCUT2D eigenvalue weighted by Gasteiger charge is 2.13. The van der Waals surface area contributed by atoms with Crippen molar-refractivity contribution in [3.63, 3.8) is 0 Å². The SMILES string of the molecule is CCOc1ccc2c(c1)sc(=NC(=O)CCCSc1ccc(F)cc1)n2CC(=O)OC. The quantitative estimate of drug-likeness (QED) is 0.268. The zero-order valence-electron chi connectivity index (χ0n) is 17.3. The van der Waals surface area contributed by atoms with Crippen molar-refractivity contribution in [1.82, 2.24) is 4.57 Å². The Balaban J connectivity index is 1.73. The van der Waals surface area contributed by atoms with E-state index in [1.807, 2.05) is 25.1 Å². The summed E-state index contributed by atoms with van der Waals surface area (Å²) in [6.07, 6.45) is 0.922. The lowest BCUT2D eigenvalue weighted by Gasteiger charge is -2.05. The minimum absolute atomic E-state index is 0.0307. The Morgan fingerprint density at radius 1 is 1.19 bits per heavy atom. The molecule has 0 saturated heterocycles. The zero-order valence-corrected chi connectivity index (χ0v) is 18.9. The maximum absolute atomic E-state index is 13.0. The lowest BCUT2D eigenvalue weighted by molar-refractivity contribution is -0.141. The van der Waals surface area contributed by atoms with Gasteiger partial charge in [-0.3, -0.25) is 9.59 Å². The summed E-state index contributed by atoms with van der Waals surface area (Å²) in [5, 5.41) is 0. The maximum atomic E-state index is 13.0. The van der Waals surface area contributed by atoms with Crippen LogP contribution in [0.25, 0.3) is 10.2 Å². The fourth-order valence-corrected chi connectivity index (χ4v) is 4.78. The van der Waals surface area contributed by atoms with Crippen LogP contribution in [0.4, 0.5) is 4.39 Å². The van der Waals surface area contributed by atoms with Crippen LogP contribution in [0, 0.1) is 5.82 Å². The van der Waals surface area contributed by atoms with Gasteiger partial charge in [-0.15, -0.1) is 11.8 Å². The lowest BCUT2D eigenvalue weighted by Crippen LogP contribution is -2.22. The van der Waals surface area contributed by atoms with Crippen LogP contribution in [0.1, 0.15) is 19.8 Å². The number of nitrogens with zero attached hydrogens (tertiary/aromatic N) is 2. The highest BCUT2D eigenvalue weighted by atomic mass is 32.2. The number of aromatic nitrogens is 1. The molecule has 0 radical (unpaired) electrons. The van der Waals surface area contributed by atoms with Crippen molar-refractivity contribution in [1.29, 1.82) is 0 Å². The molecule has 1 amide bonds. The summed E-state index contributed by atoms with van der Waals surface area (Å²) in [6, 6.07) is 11.8. The summed E-state index contributed by atoms with van der Waals surface area (Å²) in [5.41, 5.74) is 0.789. The van der Waals surface area contributed by atoms with Crippen molar-refractivity contribution in [2.75, 3.05) is 19.5 Å². The predicted molar refractivity (Wildman–Crippen MR) is 120 cm³/mol. The van der Waals surface area contributed by atoms with Gasteiger partial charge in [0.2, 0.25) is 5.91 Å². The van der Waals surface area contributed by atoms with Gasteiger partial charge < -0.3 is 14.0 Å². The Hall–Kier alpha value is -2.65. The summed E-state index contributed by atoms with van der Waals surface area (Å²) in [7, 11) is 1.32. The molecule has 1 heterocycles. The summed E-state index contributed by atoms with van der Waals surface area (Å²) < 4.78 is 25.8. The van der Waals surface area contributed by atoms with Gasteiger partial charge in [0, 0.05) is 11.3 Å².